The van der Waals surface area contributed by atoms with Crippen molar-refractivity contribution in [3.8, 4) is 6.07 Å². The van der Waals surface area contributed by atoms with Crippen molar-refractivity contribution < 1.29 is 9.59 Å². The maximum absolute atomic E-state index is 12.1. The molecule has 0 saturated heterocycles. The Labute approximate surface area is 103 Å². The standard InChI is InChI=1S/C12H9ClN2O2/c1-12(2,6-14)15-10(16)8-4-3-7(13)5-9(8)11(15)17/h3-5H,1-2H3. The monoisotopic (exact) mass is 248 g/mol. The van der Waals surface area contributed by atoms with Gasteiger partial charge in [0, 0.05) is 5.02 Å². The predicted octanol–water partition coefficient (Wildman–Crippen LogP) is 2.24. The molecule has 1 aliphatic heterocycles. The number of hydrogen-bond donors (Lipinski definition) is 0. The molecule has 1 aromatic rings. The summed E-state index contributed by atoms with van der Waals surface area (Å²) in [5, 5.41) is 9.39. The third-order valence-electron chi connectivity index (χ3n) is 2.68. The van der Waals surface area contributed by atoms with Crippen molar-refractivity contribution in [2.75, 3.05) is 0 Å². The van der Waals surface area contributed by atoms with Crippen LogP contribution in [0.15, 0.2) is 18.2 Å². The van der Waals surface area contributed by atoms with Crippen molar-refractivity contribution in [2.45, 2.75) is 19.4 Å². The highest BCUT2D eigenvalue weighted by Gasteiger charge is 2.44. The molecule has 0 aliphatic carbocycles. The summed E-state index contributed by atoms with van der Waals surface area (Å²) in [6.45, 7) is 3.05. The van der Waals surface area contributed by atoms with Crippen molar-refractivity contribution in [1.29, 1.82) is 5.26 Å². The molecule has 0 fully saturated rings. The van der Waals surface area contributed by atoms with Crippen LogP contribution in [0.3, 0.4) is 0 Å². The van der Waals surface area contributed by atoms with E-state index in [1.54, 1.807) is 6.07 Å². The summed E-state index contributed by atoms with van der Waals surface area (Å²) < 4.78 is 0. The Kier molecular flexibility index (Phi) is 2.44. The lowest BCUT2D eigenvalue weighted by atomic mass is 10.1. The lowest BCUT2D eigenvalue weighted by molar-refractivity contribution is 0.0549. The molecule has 1 aliphatic rings. The number of carbonyl (C=O) groups is 2. The zero-order valence-corrected chi connectivity index (χ0v) is 10.1. The van der Waals surface area contributed by atoms with Gasteiger partial charge in [-0.05, 0) is 32.0 Å². The van der Waals surface area contributed by atoms with Gasteiger partial charge < -0.3 is 0 Å². The molecule has 1 heterocycles. The van der Waals surface area contributed by atoms with E-state index in [2.05, 4.69) is 0 Å². The van der Waals surface area contributed by atoms with Crippen LogP contribution in [0.4, 0.5) is 0 Å². The third-order valence-corrected chi connectivity index (χ3v) is 2.92. The Balaban J connectivity index is 2.58. The molecule has 2 amide bonds. The number of fused-ring (bicyclic) bond motifs is 1. The van der Waals surface area contributed by atoms with Crippen LogP contribution >= 0.6 is 11.6 Å². The SMILES string of the molecule is CC(C)(C#N)N1C(=O)c2ccc(Cl)cc2C1=O. The number of carbonyl (C=O) groups excluding carboxylic acids is 2. The second-order valence-electron chi connectivity index (χ2n) is 4.31. The fraction of sp³-hybridized carbons (Fsp3) is 0.250. The second kappa shape index (κ2) is 3.57. The van der Waals surface area contributed by atoms with E-state index in [1.807, 2.05) is 6.07 Å². The van der Waals surface area contributed by atoms with Crippen LogP contribution in [-0.4, -0.2) is 22.3 Å². The molecule has 0 radical (unpaired) electrons. The highest BCUT2D eigenvalue weighted by Crippen LogP contribution is 2.30. The molecule has 4 nitrogen and oxygen atoms in total. The molecule has 86 valence electrons. The first-order valence-electron chi connectivity index (χ1n) is 4.98. The van der Waals surface area contributed by atoms with E-state index in [-0.39, 0.29) is 5.56 Å². The van der Waals surface area contributed by atoms with Gasteiger partial charge in [0.25, 0.3) is 11.8 Å². The molecule has 5 heteroatoms. The average Bonchev–Trinajstić information content (AvgIpc) is 2.52. The fourth-order valence-electron chi connectivity index (χ4n) is 1.77. The minimum absolute atomic E-state index is 0.255. The Hall–Kier alpha value is -1.86. The van der Waals surface area contributed by atoms with E-state index in [0.717, 1.165) is 4.90 Å². The van der Waals surface area contributed by atoms with E-state index in [4.69, 9.17) is 16.9 Å². The van der Waals surface area contributed by atoms with Crippen molar-refractivity contribution in [3.63, 3.8) is 0 Å². The Morgan fingerprint density at radius 3 is 2.41 bits per heavy atom. The summed E-state index contributed by atoms with van der Waals surface area (Å²) in [6, 6.07) is 6.45. The summed E-state index contributed by atoms with van der Waals surface area (Å²) in [5.74, 6) is -0.924. The van der Waals surface area contributed by atoms with Gasteiger partial charge in [0.05, 0.1) is 17.2 Å². The van der Waals surface area contributed by atoms with Crippen molar-refractivity contribution in [3.05, 3.63) is 34.3 Å². The van der Waals surface area contributed by atoms with Gasteiger partial charge in [0.2, 0.25) is 0 Å². The molecule has 0 unspecified atom stereocenters. The van der Waals surface area contributed by atoms with Gasteiger partial charge in [-0.25, -0.2) is 0 Å². The zero-order chi connectivity index (χ0) is 12.8. The number of nitriles is 1. The van der Waals surface area contributed by atoms with Gasteiger partial charge in [-0.15, -0.1) is 0 Å². The third kappa shape index (κ3) is 1.60. The summed E-state index contributed by atoms with van der Waals surface area (Å²) >= 11 is 5.79. The topological polar surface area (TPSA) is 61.2 Å². The summed E-state index contributed by atoms with van der Waals surface area (Å²) in [6.07, 6.45) is 0. The normalized spacial score (nSPS) is 14.8. The minimum atomic E-state index is -1.17. The fourth-order valence-corrected chi connectivity index (χ4v) is 1.94. The molecular weight excluding hydrogens is 240 g/mol. The summed E-state index contributed by atoms with van der Waals surface area (Å²) in [7, 11) is 0. The van der Waals surface area contributed by atoms with Gasteiger partial charge in [-0.2, -0.15) is 5.26 Å². The summed E-state index contributed by atoms with van der Waals surface area (Å²) in [5.41, 5.74) is -0.617. The van der Waals surface area contributed by atoms with Crippen molar-refractivity contribution >= 4 is 23.4 Å². The average molecular weight is 249 g/mol. The van der Waals surface area contributed by atoms with Crippen LogP contribution in [0, 0.1) is 11.3 Å². The van der Waals surface area contributed by atoms with Crippen LogP contribution in [0.25, 0.3) is 0 Å². The molecular formula is C12H9ClN2O2. The maximum Gasteiger partial charge on any atom is 0.262 e. The van der Waals surface area contributed by atoms with Crippen LogP contribution in [-0.2, 0) is 0 Å². The van der Waals surface area contributed by atoms with Crippen molar-refractivity contribution in [2.24, 2.45) is 0 Å². The number of benzene rings is 1. The van der Waals surface area contributed by atoms with Crippen molar-refractivity contribution in [1.82, 2.24) is 4.90 Å². The highest BCUT2D eigenvalue weighted by molar-refractivity contribution is 6.32. The Morgan fingerprint density at radius 1 is 1.24 bits per heavy atom. The van der Waals surface area contributed by atoms with Crippen LogP contribution in [0.2, 0.25) is 5.02 Å². The first-order chi connectivity index (χ1) is 7.88. The van der Waals surface area contributed by atoms with E-state index < -0.39 is 17.4 Å². The molecule has 0 saturated carbocycles. The number of imide groups is 1. The molecule has 0 aromatic heterocycles. The molecule has 0 bridgehead atoms. The number of rotatable bonds is 1. The number of halogens is 1. The van der Waals surface area contributed by atoms with E-state index in [1.165, 1.54) is 26.0 Å². The minimum Gasteiger partial charge on any atom is -0.269 e. The molecule has 2 rings (SSSR count). The van der Waals surface area contributed by atoms with Gasteiger partial charge in [0.1, 0.15) is 5.54 Å². The molecule has 1 aromatic carbocycles. The molecule has 0 N–H and O–H groups in total. The first kappa shape index (κ1) is 11.6. The quantitative estimate of drug-likeness (QED) is 0.716. The predicted molar refractivity (Wildman–Crippen MR) is 61.6 cm³/mol. The molecule has 0 spiro atoms. The first-order valence-corrected chi connectivity index (χ1v) is 5.36. The van der Waals surface area contributed by atoms with E-state index in [0.29, 0.717) is 10.6 Å². The zero-order valence-electron chi connectivity index (χ0n) is 9.32. The Bertz CT molecular complexity index is 572. The largest absolute Gasteiger partial charge is 0.269 e. The molecule has 0 atom stereocenters. The summed E-state index contributed by atoms with van der Waals surface area (Å²) in [4.78, 5) is 25.1. The van der Waals surface area contributed by atoms with Gasteiger partial charge >= 0.3 is 0 Å². The lowest BCUT2D eigenvalue weighted by Gasteiger charge is -2.26. The van der Waals surface area contributed by atoms with Gasteiger partial charge in [-0.3, -0.25) is 14.5 Å². The lowest BCUT2D eigenvalue weighted by Crippen LogP contribution is -2.46. The van der Waals surface area contributed by atoms with Crippen LogP contribution < -0.4 is 0 Å². The van der Waals surface area contributed by atoms with Gasteiger partial charge in [-0.1, -0.05) is 11.6 Å². The Morgan fingerprint density at radius 2 is 1.82 bits per heavy atom. The smallest absolute Gasteiger partial charge is 0.262 e. The van der Waals surface area contributed by atoms with Gasteiger partial charge in [0.15, 0.2) is 0 Å². The van der Waals surface area contributed by atoms with E-state index >= 15 is 0 Å². The highest BCUT2D eigenvalue weighted by atomic mass is 35.5. The van der Waals surface area contributed by atoms with Crippen LogP contribution in [0.1, 0.15) is 34.6 Å². The maximum atomic E-state index is 12.1. The number of nitrogens with zero attached hydrogens (tertiary/aromatic N) is 2. The second-order valence-corrected chi connectivity index (χ2v) is 4.74. The number of hydrogen-bond acceptors (Lipinski definition) is 3. The number of amides is 2. The van der Waals surface area contributed by atoms with E-state index in [9.17, 15) is 9.59 Å². The molecule has 17 heavy (non-hydrogen) atoms. The van der Waals surface area contributed by atoms with Crippen LogP contribution in [0.5, 0.6) is 0 Å².